The molecule has 1 saturated heterocycles. The molecule has 1 aromatic heterocycles. The molecule has 198 valence electrons. The highest BCUT2D eigenvalue weighted by molar-refractivity contribution is 8.26. The predicted octanol–water partition coefficient (Wildman–Crippen LogP) is 7.47. The normalized spacial score (nSPS) is 14.4. The lowest BCUT2D eigenvalue weighted by Crippen LogP contribution is -2.30. The molecule has 7 heteroatoms. The van der Waals surface area contributed by atoms with Crippen molar-refractivity contribution in [3.05, 3.63) is 107 Å². The van der Waals surface area contributed by atoms with Gasteiger partial charge < -0.3 is 4.74 Å². The number of ether oxygens (including phenoxy) is 1. The van der Waals surface area contributed by atoms with Crippen molar-refractivity contribution < 1.29 is 9.53 Å². The first-order valence-corrected chi connectivity index (χ1v) is 14.4. The van der Waals surface area contributed by atoms with Crippen LogP contribution in [-0.2, 0) is 11.2 Å². The quantitative estimate of drug-likeness (QED) is 0.116. The predicted molar refractivity (Wildman–Crippen MR) is 164 cm³/mol. The molecule has 5 nitrogen and oxygen atoms in total. The van der Waals surface area contributed by atoms with Gasteiger partial charge in [0.05, 0.1) is 17.2 Å². The molecular formula is C32H31N3O2S2. The summed E-state index contributed by atoms with van der Waals surface area (Å²) in [7, 11) is 0. The van der Waals surface area contributed by atoms with Crippen LogP contribution in [0.3, 0.4) is 0 Å². The van der Waals surface area contributed by atoms with Crippen LogP contribution in [0.5, 0.6) is 5.75 Å². The van der Waals surface area contributed by atoms with Gasteiger partial charge in [0.2, 0.25) is 0 Å². The molecule has 1 aliphatic heterocycles. The second kappa shape index (κ2) is 12.5. The molecule has 0 aliphatic carbocycles. The minimum atomic E-state index is -0.0595. The molecule has 0 unspecified atom stereocenters. The average molecular weight is 554 g/mol. The number of unbranched alkanes of at least 4 members (excludes halogenated alkanes) is 1. The fraction of sp³-hybridized carbons (Fsp3) is 0.219. The zero-order valence-electron chi connectivity index (χ0n) is 22.2. The van der Waals surface area contributed by atoms with E-state index in [-0.39, 0.29) is 5.91 Å². The summed E-state index contributed by atoms with van der Waals surface area (Å²) < 4.78 is 8.37. The van der Waals surface area contributed by atoms with E-state index in [4.69, 9.17) is 22.1 Å². The van der Waals surface area contributed by atoms with E-state index in [1.54, 1.807) is 4.90 Å². The van der Waals surface area contributed by atoms with Gasteiger partial charge in [0, 0.05) is 23.9 Å². The highest BCUT2D eigenvalue weighted by Gasteiger charge is 2.32. The summed E-state index contributed by atoms with van der Waals surface area (Å²) in [5, 5.41) is 4.96. The van der Waals surface area contributed by atoms with Crippen LogP contribution in [0.2, 0.25) is 0 Å². The van der Waals surface area contributed by atoms with Crippen LogP contribution in [0.15, 0.2) is 90.0 Å². The van der Waals surface area contributed by atoms with Crippen molar-refractivity contribution in [2.45, 2.75) is 33.1 Å². The number of hydrogen-bond donors (Lipinski definition) is 0. The first-order valence-electron chi connectivity index (χ1n) is 13.2. The molecule has 1 amide bonds. The molecule has 0 spiro atoms. The minimum Gasteiger partial charge on any atom is -0.494 e. The number of aryl methyl sites for hydroxylation is 1. The van der Waals surface area contributed by atoms with Gasteiger partial charge in [-0.3, -0.25) is 9.69 Å². The van der Waals surface area contributed by atoms with E-state index in [1.807, 2.05) is 71.6 Å². The molecule has 4 aromatic rings. The van der Waals surface area contributed by atoms with Crippen molar-refractivity contribution in [2.24, 2.45) is 0 Å². The number of carbonyl (C=O) groups excluding carboxylic acids is 1. The van der Waals surface area contributed by atoms with Gasteiger partial charge >= 0.3 is 0 Å². The third-order valence-electron chi connectivity index (χ3n) is 6.61. The van der Waals surface area contributed by atoms with Gasteiger partial charge in [-0.05, 0) is 67.3 Å². The lowest BCUT2D eigenvalue weighted by Gasteiger charge is -2.14. The number of aromatic nitrogens is 2. The van der Waals surface area contributed by atoms with Crippen molar-refractivity contribution in [3.8, 4) is 22.7 Å². The summed E-state index contributed by atoms with van der Waals surface area (Å²) in [5.74, 6) is 0.795. The molecule has 0 saturated carbocycles. The van der Waals surface area contributed by atoms with Crippen molar-refractivity contribution in [1.29, 1.82) is 0 Å². The summed E-state index contributed by atoms with van der Waals surface area (Å²) in [6.45, 7) is 5.48. The number of carbonyl (C=O) groups is 1. The number of hydrogen-bond acceptors (Lipinski definition) is 5. The maximum absolute atomic E-state index is 13.4. The average Bonchev–Trinajstić information content (AvgIpc) is 3.48. The van der Waals surface area contributed by atoms with E-state index >= 15 is 0 Å². The third-order valence-corrected chi connectivity index (χ3v) is 7.99. The van der Waals surface area contributed by atoms with Crippen molar-refractivity contribution in [2.75, 3.05) is 13.2 Å². The van der Waals surface area contributed by atoms with Crippen molar-refractivity contribution in [1.82, 2.24) is 14.7 Å². The number of rotatable bonds is 10. The van der Waals surface area contributed by atoms with Crippen LogP contribution < -0.4 is 4.74 Å². The third kappa shape index (κ3) is 6.32. The lowest BCUT2D eigenvalue weighted by molar-refractivity contribution is -0.122. The molecule has 0 bridgehead atoms. The number of thioether (sulfide) groups is 1. The largest absolute Gasteiger partial charge is 0.494 e. The molecular weight excluding hydrogens is 523 g/mol. The Hall–Kier alpha value is -3.68. The summed E-state index contributed by atoms with van der Waals surface area (Å²) >= 11 is 6.96. The van der Waals surface area contributed by atoms with Gasteiger partial charge in [-0.25, -0.2) is 4.68 Å². The Balaban J connectivity index is 1.46. The summed E-state index contributed by atoms with van der Waals surface area (Å²) in [6.07, 6.45) is 6.77. The van der Waals surface area contributed by atoms with Gasteiger partial charge in [-0.15, -0.1) is 0 Å². The Morgan fingerprint density at radius 1 is 1.03 bits per heavy atom. The van der Waals surface area contributed by atoms with E-state index in [1.165, 1.54) is 17.3 Å². The fourth-order valence-corrected chi connectivity index (χ4v) is 5.76. The molecule has 0 radical (unpaired) electrons. The zero-order valence-corrected chi connectivity index (χ0v) is 23.8. The van der Waals surface area contributed by atoms with E-state index in [9.17, 15) is 4.79 Å². The molecule has 1 fully saturated rings. The van der Waals surface area contributed by atoms with Crippen molar-refractivity contribution in [3.63, 3.8) is 0 Å². The summed E-state index contributed by atoms with van der Waals surface area (Å²) in [4.78, 5) is 15.7. The SMILES string of the molecule is CCCCOc1ccc(-c2nn(-c3ccccc3)cc2/C=C2\SC(=S)N(CCc3ccccc3)C2=O)c(C)c1. The van der Waals surface area contributed by atoms with Crippen LogP contribution in [0.1, 0.15) is 36.5 Å². The number of amides is 1. The standard InChI is InChI=1S/C32H31N3O2S2/c1-3-4-19-37-27-15-16-28(23(2)20-27)30-25(22-35(33-30)26-13-9-6-10-14-26)21-29-31(36)34(32(38)39-29)18-17-24-11-7-5-8-12-24/h5-16,20-22H,3-4,17-19H2,1-2H3/b29-21-. The van der Waals surface area contributed by atoms with E-state index in [0.717, 1.165) is 53.1 Å². The van der Waals surface area contributed by atoms with E-state index < -0.39 is 0 Å². The molecule has 5 rings (SSSR count). The molecule has 2 heterocycles. The first-order chi connectivity index (χ1) is 19.0. The molecule has 39 heavy (non-hydrogen) atoms. The van der Waals surface area contributed by atoms with Gasteiger partial charge in [0.15, 0.2) is 0 Å². The smallest absolute Gasteiger partial charge is 0.266 e. The Bertz CT molecular complexity index is 1500. The second-order valence-electron chi connectivity index (χ2n) is 9.46. The van der Waals surface area contributed by atoms with Crippen LogP contribution in [0.4, 0.5) is 0 Å². The topological polar surface area (TPSA) is 47.4 Å². The minimum absolute atomic E-state index is 0.0595. The molecule has 1 aliphatic rings. The second-order valence-corrected chi connectivity index (χ2v) is 11.1. The summed E-state index contributed by atoms with van der Waals surface area (Å²) in [5.41, 5.74) is 5.87. The van der Waals surface area contributed by atoms with Crippen molar-refractivity contribution >= 4 is 40.3 Å². The Kier molecular flexibility index (Phi) is 8.59. The van der Waals surface area contributed by atoms with Crippen LogP contribution in [0.25, 0.3) is 23.0 Å². The molecule has 0 atom stereocenters. The van der Waals surface area contributed by atoms with Gasteiger partial charge in [0.25, 0.3) is 5.91 Å². The Morgan fingerprint density at radius 2 is 1.77 bits per heavy atom. The van der Waals surface area contributed by atoms with Crippen LogP contribution in [0, 0.1) is 6.92 Å². The van der Waals surface area contributed by atoms with Crippen LogP contribution >= 0.6 is 24.0 Å². The number of thiocarbonyl (C=S) groups is 1. The van der Waals surface area contributed by atoms with Gasteiger partial charge in [-0.2, -0.15) is 5.10 Å². The van der Waals surface area contributed by atoms with E-state index in [2.05, 4.69) is 38.1 Å². The number of benzene rings is 3. The Morgan fingerprint density at radius 3 is 2.49 bits per heavy atom. The lowest BCUT2D eigenvalue weighted by atomic mass is 10.0. The van der Waals surface area contributed by atoms with Crippen LogP contribution in [-0.4, -0.2) is 38.1 Å². The highest BCUT2D eigenvalue weighted by atomic mass is 32.2. The maximum Gasteiger partial charge on any atom is 0.266 e. The number of nitrogens with zero attached hydrogens (tertiary/aromatic N) is 3. The first kappa shape index (κ1) is 26.9. The molecule has 3 aromatic carbocycles. The van der Waals surface area contributed by atoms with Gasteiger partial charge in [-0.1, -0.05) is 85.9 Å². The Labute approximate surface area is 239 Å². The fourth-order valence-electron chi connectivity index (χ4n) is 4.46. The zero-order chi connectivity index (χ0) is 27.2. The maximum atomic E-state index is 13.4. The highest BCUT2D eigenvalue weighted by Crippen LogP contribution is 2.36. The number of para-hydroxylation sites is 1. The summed E-state index contributed by atoms with van der Waals surface area (Å²) in [6, 6.07) is 26.2. The van der Waals surface area contributed by atoms with Gasteiger partial charge in [0.1, 0.15) is 15.8 Å². The van der Waals surface area contributed by atoms with E-state index in [0.29, 0.717) is 22.4 Å². The monoisotopic (exact) mass is 553 g/mol. The molecule has 0 N–H and O–H groups in total.